The summed E-state index contributed by atoms with van der Waals surface area (Å²) in [6, 6.07) is 0. The normalized spacial score (nSPS) is 20.6. The molecule has 1 unspecified atom stereocenters. The first-order valence-electron chi connectivity index (χ1n) is 6.52. The third-order valence-electron chi connectivity index (χ3n) is 3.10. The molecule has 0 amide bonds. The van der Waals surface area contributed by atoms with E-state index in [1.807, 2.05) is 0 Å². The van der Waals surface area contributed by atoms with Crippen molar-refractivity contribution in [1.82, 2.24) is 0 Å². The summed E-state index contributed by atoms with van der Waals surface area (Å²) in [6.45, 7) is 2.24. The lowest BCUT2D eigenvalue weighted by molar-refractivity contribution is -0.141. The van der Waals surface area contributed by atoms with E-state index < -0.39 is 0 Å². The molecule has 0 aromatic carbocycles. The lowest BCUT2D eigenvalue weighted by Gasteiger charge is -2.08. The smallest absolute Gasteiger partial charge is 0.306 e. The highest BCUT2D eigenvalue weighted by molar-refractivity contribution is 5.71. The van der Waals surface area contributed by atoms with Crippen molar-refractivity contribution in [2.45, 2.75) is 77.2 Å². The van der Waals surface area contributed by atoms with Gasteiger partial charge in [0.15, 0.2) is 0 Å². The summed E-state index contributed by atoms with van der Waals surface area (Å²) in [6.07, 6.45) is 12.2. The summed E-state index contributed by atoms with van der Waals surface area (Å²) in [5, 5.41) is 0. The molecule has 0 radical (unpaired) electrons. The van der Waals surface area contributed by atoms with Crippen LogP contribution in [0.2, 0.25) is 0 Å². The number of unbranched alkanes of at least 4 members (excludes halogenated alkanes) is 6. The molecular weight excluding hydrogens is 188 g/mol. The molecule has 1 aliphatic heterocycles. The third-order valence-corrected chi connectivity index (χ3v) is 3.10. The molecule has 1 saturated heterocycles. The van der Waals surface area contributed by atoms with Gasteiger partial charge in [-0.15, -0.1) is 0 Å². The number of cyclic esters (lactones) is 1. The molecule has 15 heavy (non-hydrogen) atoms. The molecule has 0 aliphatic carbocycles. The SMILES string of the molecule is CCCCCCCCCC1CCC(=O)O1. The van der Waals surface area contributed by atoms with Crippen molar-refractivity contribution in [1.29, 1.82) is 0 Å². The van der Waals surface area contributed by atoms with Gasteiger partial charge in [-0.2, -0.15) is 0 Å². The van der Waals surface area contributed by atoms with Gasteiger partial charge < -0.3 is 4.74 Å². The van der Waals surface area contributed by atoms with Gasteiger partial charge >= 0.3 is 5.97 Å². The maximum atomic E-state index is 10.8. The monoisotopic (exact) mass is 212 g/mol. The van der Waals surface area contributed by atoms with Crippen LogP contribution in [0.1, 0.15) is 71.1 Å². The van der Waals surface area contributed by atoms with Crippen LogP contribution in [-0.2, 0) is 9.53 Å². The fourth-order valence-corrected chi connectivity index (χ4v) is 2.11. The van der Waals surface area contributed by atoms with Gasteiger partial charge in [0.05, 0.1) is 0 Å². The predicted octanol–water partition coefficient (Wildman–Crippen LogP) is 3.83. The van der Waals surface area contributed by atoms with Crippen molar-refractivity contribution in [3.63, 3.8) is 0 Å². The Morgan fingerprint density at radius 1 is 1.13 bits per heavy atom. The second-order valence-corrected chi connectivity index (χ2v) is 4.56. The van der Waals surface area contributed by atoms with Crippen LogP contribution in [0, 0.1) is 0 Å². The van der Waals surface area contributed by atoms with Crippen molar-refractivity contribution in [3.05, 3.63) is 0 Å². The molecule has 1 atom stereocenters. The Hall–Kier alpha value is -0.530. The number of carbonyl (C=O) groups excluding carboxylic acids is 1. The number of ether oxygens (including phenoxy) is 1. The summed E-state index contributed by atoms with van der Waals surface area (Å²) in [4.78, 5) is 10.8. The largest absolute Gasteiger partial charge is 0.462 e. The molecule has 1 aliphatic rings. The first-order chi connectivity index (χ1) is 7.33. The van der Waals surface area contributed by atoms with E-state index in [1.54, 1.807) is 0 Å². The lowest BCUT2D eigenvalue weighted by Crippen LogP contribution is -2.06. The summed E-state index contributed by atoms with van der Waals surface area (Å²) >= 11 is 0. The molecule has 88 valence electrons. The van der Waals surface area contributed by atoms with E-state index in [0.29, 0.717) is 6.42 Å². The molecule has 0 N–H and O–H groups in total. The number of hydrogen-bond donors (Lipinski definition) is 0. The van der Waals surface area contributed by atoms with Gasteiger partial charge in [0.2, 0.25) is 0 Å². The Bertz CT molecular complexity index is 177. The van der Waals surface area contributed by atoms with E-state index in [0.717, 1.165) is 12.8 Å². The Labute approximate surface area is 93.4 Å². The second-order valence-electron chi connectivity index (χ2n) is 4.56. The minimum absolute atomic E-state index is 0.00273. The van der Waals surface area contributed by atoms with Crippen molar-refractivity contribution < 1.29 is 9.53 Å². The average Bonchev–Trinajstić information content (AvgIpc) is 2.63. The maximum absolute atomic E-state index is 10.8. The highest BCUT2D eigenvalue weighted by Gasteiger charge is 2.22. The minimum Gasteiger partial charge on any atom is -0.462 e. The molecule has 1 rings (SSSR count). The Kier molecular flexibility index (Phi) is 6.45. The molecule has 0 aromatic heterocycles. The summed E-state index contributed by atoms with van der Waals surface area (Å²) in [5.41, 5.74) is 0. The summed E-state index contributed by atoms with van der Waals surface area (Å²) in [5.74, 6) is 0.00273. The Morgan fingerprint density at radius 2 is 1.80 bits per heavy atom. The van der Waals surface area contributed by atoms with Crippen LogP contribution in [0.3, 0.4) is 0 Å². The van der Waals surface area contributed by atoms with Crippen molar-refractivity contribution in [2.24, 2.45) is 0 Å². The fourth-order valence-electron chi connectivity index (χ4n) is 2.11. The summed E-state index contributed by atoms with van der Waals surface area (Å²) < 4.78 is 5.17. The zero-order valence-electron chi connectivity index (χ0n) is 9.96. The van der Waals surface area contributed by atoms with Crippen molar-refractivity contribution in [2.75, 3.05) is 0 Å². The lowest BCUT2D eigenvalue weighted by atomic mass is 10.1. The zero-order chi connectivity index (χ0) is 10.9. The van der Waals surface area contributed by atoms with Gasteiger partial charge in [-0.05, 0) is 19.3 Å². The van der Waals surface area contributed by atoms with Gasteiger partial charge in [0.25, 0.3) is 0 Å². The van der Waals surface area contributed by atoms with E-state index in [1.165, 1.54) is 44.9 Å². The molecule has 0 saturated carbocycles. The van der Waals surface area contributed by atoms with Crippen LogP contribution in [-0.4, -0.2) is 12.1 Å². The molecular formula is C13H24O2. The van der Waals surface area contributed by atoms with E-state index in [-0.39, 0.29) is 12.1 Å². The highest BCUT2D eigenvalue weighted by Crippen LogP contribution is 2.19. The van der Waals surface area contributed by atoms with Gasteiger partial charge in [-0.1, -0.05) is 45.4 Å². The molecule has 2 nitrogen and oxygen atoms in total. The van der Waals surface area contributed by atoms with Crippen molar-refractivity contribution in [3.8, 4) is 0 Å². The molecule has 0 bridgehead atoms. The van der Waals surface area contributed by atoms with Crippen LogP contribution >= 0.6 is 0 Å². The maximum Gasteiger partial charge on any atom is 0.306 e. The zero-order valence-corrected chi connectivity index (χ0v) is 9.96. The Balaban J connectivity index is 1.83. The standard InChI is InChI=1S/C13H24O2/c1-2-3-4-5-6-7-8-9-12-10-11-13(14)15-12/h12H,2-11H2,1H3. The quantitative estimate of drug-likeness (QED) is 0.451. The van der Waals surface area contributed by atoms with Gasteiger partial charge in [-0.3, -0.25) is 4.79 Å². The molecule has 0 spiro atoms. The number of rotatable bonds is 8. The summed E-state index contributed by atoms with van der Waals surface area (Å²) in [7, 11) is 0. The van der Waals surface area contributed by atoms with E-state index >= 15 is 0 Å². The Morgan fingerprint density at radius 3 is 2.40 bits per heavy atom. The number of hydrogen-bond acceptors (Lipinski definition) is 2. The second kappa shape index (κ2) is 7.72. The molecule has 0 aromatic rings. The molecule has 1 heterocycles. The minimum atomic E-state index is 0.00273. The van der Waals surface area contributed by atoms with Gasteiger partial charge in [0, 0.05) is 6.42 Å². The van der Waals surface area contributed by atoms with Crippen LogP contribution in [0.4, 0.5) is 0 Å². The van der Waals surface area contributed by atoms with Crippen LogP contribution in [0.25, 0.3) is 0 Å². The molecule has 2 heteroatoms. The first kappa shape index (κ1) is 12.5. The van der Waals surface area contributed by atoms with Crippen LogP contribution in [0.15, 0.2) is 0 Å². The van der Waals surface area contributed by atoms with Crippen LogP contribution in [0.5, 0.6) is 0 Å². The van der Waals surface area contributed by atoms with E-state index in [4.69, 9.17) is 4.74 Å². The van der Waals surface area contributed by atoms with E-state index in [2.05, 4.69) is 6.92 Å². The first-order valence-corrected chi connectivity index (χ1v) is 6.52. The third kappa shape index (κ3) is 5.81. The van der Waals surface area contributed by atoms with Crippen LogP contribution < -0.4 is 0 Å². The van der Waals surface area contributed by atoms with Gasteiger partial charge in [-0.25, -0.2) is 0 Å². The molecule has 1 fully saturated rings. The number of esters is 1. The fraction of sp³-hybridized carbons (Fsp3) is 0.923. The van der Waals surface area contributed by atoms with Crippen molar-refractivity contribution >= 4 is 5.97 Å². The topological polar surface area (TPSA) is 26.3 Å². The average molecular weight is 212 g/mol. The highest BCUT2D eigenvalue weighted by atomic mass is 16.5. The predicted molar refractivity (Wildman–Crippen MR) is 61.7 cm³/mol. The number of carbonyl (C=O) groups is 1. The van der Waals surface area contributed by atoms with Gasteiger partial charge in [0.1, 0.15) is 6.10 Å². The van der Waals surface area contributed by atoms with E-state index in [9.17, 15) is 4.79 Å².